The Morgan fingerprint density at radius 1 is 1.05 bits per heavy atom. The SMILES string of the molecule is CCCNC(Cc1cc(F)cc(F)c1)c1ccc(Br)cc1. The second-order valence-corrected chi connectivity index (χ2v) is 5.96. The molecule has 0 aliphatic rings. The Morgan fingerprint density at radius 3 is 2.24 bits per heavy atom. The van der Waals surface area contributed by atoms with Crippen LogP contribution in [0, 0.1) is 11.6 Å². The Balaban J connectivity index is 2.21. The van der Waals surface area contributed by atoms with E-state index in [1.54, 1.807) is 0 Å². The van der Waals surface area contributed by atoms with Crippen molar-refractivity contribution in [3.05, 3.63) is 69.7 Å². The number of benzene rings is 2. The highest BCUT2D eigenvalue weighted by Gasteiger charge is 2.13. The van der Waals surface area contributed by atoms with Crippen molar-refractivity contribution in [1.29, 1.82) is 0 Å². The second-order valence-electron chi connectivity index (χ2n) is 5.04. The molecule has 0 bridgehead atoms. The van der Waals surface area contributed by atoms with E-state index in [0.717, 1.165) is 29.1 Å². The summed E-state index contributed by atoms with van der Waals surface area (Å²) in [5, 5.41) is 3.43. The maximum atomic E-state index is 13.3. The minimum atomic E-state index is -0.532. The van der Waals surface area contributed by atoms with Gasteiger partial charge in [0, 0.05) is 16.6 Å². The molecule has 0 amide bonds. The molecule has 0 fully saturated rings. The van der Waals surface area contributed by atoms with Crippen molar-refractivity contribution in [2.75, 3.05) is 6.54 Å². The molecule has 0 heterocycles. The van der Waals surface area contributed by atoms with Crippen LogP contribution >= 0.6 is 15.9 Å². The average Bonchev–Trinajstić information content (AvgIpc) is 2.43. The van der Waals surface area contributed by atoms with Crippen LogP contribution in [0.1, 0.15) is 30.5 Å². The monoisotopic (exact) mass is 353 g/mol. The fraction of sp³-hybridized carbons (Fsp3) is 0.294. The quantitative estimate of drug-likeness (QED) is 0.769. The van der Waals surface area contributed by atoms with E-state index in [2.05, 4.69) is 28.2 Å². The van der Waals surface area contributed by atoms with Gasteiger partial charge in [0.2, 0.25) is 0 Å². The lowest BCUT2D eigenvalue weighted by Crippen LogP contribution is -2.24. The molecule has 4 heteroatoms. The summed E-state index contributed by atoms with van der Waals surface area (Å²) in [5.41, 5.74) is 1.76. The predicted molar refractivity (Wildman–Crippen MR) is 85.2 cm³/mol. The van der Waals surface area contributed by atoms with E-state index in [0.29, 0.717) is 12.0 Å². The van der Waals surface area contributed by atoms with E-state index < -0.39 is 11.6 Å². The molecular formula is C17H18BrF2N. The molecule has 1 N–H and O–H groups in total. The highest BCUT2D eigenvalue weighted by atomic mass is 79.9. The molecule has 0 saturated carbocycles. The molecule has 2 aromatic carbocycles. The average molecular weight is 354 g/mol. The molecule has 0 radical (unpaired) electrons. The third-order valence-electron chi connectivity index (χ3n) is 3.28. The number of hydrogen-bond donors (Lipinski definition) is 1. The summed E-state index contributed by atoms with van der Waals surface area (Å²) < 4.78 is 27.6. The molecule has 0 saturated heterocycles. The predicted octanol–water partition coefficient (Wildman–Crippen LogP) is 5.01. The van der Waals surface area contributed by atoms with Gasteiger partial charge in [0.1, 0.15) is 11.6 Å². The van der Waals surface area contributed by atoms with Crippen LogP contribution in [0.25, 0.3) is 0 Å². The van der Waals surface area contributed by atoms with Crippen LogP contribution in [-0.4, -0.2) is 6.54 Å². The molecule has 0 spiro atoms. The van der Waals surface area contributed by atoms with Crippen LogP contribution in [0.3, 0.4) is 0 Å². The summed E-state index contributed by atoms with van der Waals surface area (Å²) in [6.07, 6.45) is 1.56. The highest BCUT2D eigenvalue weighted by molar-refractivity contribution is 9.10. The molecule has 21 heavy (non-hydrogen) atoms. The first-order valence-electron chi connectivity index (χ1n) is 7.02. The number of hydrogen-bond acceptors (Lipinski definition) is 1. The van der Waals surface area contributed by atoms with Crippen molar-refractivity contribution in [2.45, 2.75) is 25.8 Å². The van der Waals surface area contributed by atoms with Gasteiger partial charge >= 0.3 is 0 Å². The lowest BCUT2D eigenvalue weighted by Gasteiger charge is -2.19. The van der Waals surface area contributed by atoms with Gasteiger partial charge in [-0.05, 0) is 54.8 Å². The third kappa shape index (κ3) is 4.90. The van der Waals surface area contributed by atoms with Gasteiger partial charge in [-0.25, -0.2) is 8.78 Å². The maximum absolute atomic E-state index is 13.3. The van der Waals surface area contributed by atoms with Crippen molar-refractivity contribution in [2.24, 2.45) is 0 Å². The van der Waals surface area contributed by atoms with Crippen LogP contribution in [0.4, 0.5) is 8.78 Å². The van der Waals surface area contributed by atoms with Gasteiger partial charge in [0.25, 0.3) is 0 Å². The first kappa shape index (κ1) is 16.1. The molecule has 1 nitrogen and oxygen atoms in total. The largest absolute Gasteiger partial charge is 0.310 e. The van der Waals surface area contributed by atoms with Gasteiger partial charge in [-0.1, -0.05) is 35.0 Å². The Hall–Kier alpha value is -1.26. The van der Waals surface area contributed by atoms with Gasteiger partial charge in [0.05, 0.1) is 0 Å². The highest BCUT2D eigenvalue weighted by Crippen LogP contribution is 2.22. The Kier molecular flexibility index (Phi) is 5.88. The van der Waals surface area contributed by atoms with E-state index in [-0.39, 0.29) is 6.04 Å². The Bertz CT molecular complexity index is 564. The lowest BCUT2D eigenvalue weighted by atomic mass is 9.98. The molecule has 0 aromatic heterocycles. The van der Waals surface area contributed by atoms with E-state index in [4.69, 9.17) is 0 Å². The molecule has 2 rings (SSSR count). The maximum Gasteiger partial charge on any atom is 0.126 e. The van der Waals surface area contributed by atoms with E-state index in [1.165, 1.54) is 12.1 Å². The molecule has 1 unspecified atom stereocenters. The fourth-order valence-electron chi connectivity index (χ4n) is 2.29. The zero-order valence-corrected chi connectivity index (χ0v) is 13.5. The molecular weight excluding hydrogens is 336 g/mol. The summed E-state index contributed by atoms with van der Waals surface area (Å²) in [7, 11) is 0. The lowest BCUT2D eigenvalue weighted by molar-refractivity contribution is 0.522. The van der Waals surface area contributed by atoms with E-state index >= 15 is 0 Å². The zero-order valence-electron chi connectivity index (χ0n) is 11.9. The van der Waals surface area contributed by atoms with Crippen molar-refractivity contribution in [1.82, 2.24) is 5.32 Å². The topological polar surface area (TPSA) is 12.0 Å². The van der Waals surface area contributed by atoms with Gasteiger partial charge in [0.15, 0.2) is 0 Å². The first-order valence-corrected chi connectivity index (χ1v) is 7.81. The Morgan fingerprint density at radius 2 is 1.67 bits per heavy atom. The first-order chi connectivity index (χ1) is 10.1. The van der Waals surface area contributed by atoms with Crippen LogP contribution < -0.4 is 5.32 Å². The van der Waals surface area contributed by atoms with Crippen LogP contribution in [-0.2, 0) is 6.42 Å². The van der Waals surface area contributed by atoms with Crippen molar-refractivity contribution < 1.29 is 8.78 Å². The Labute approximate surface area is 132 Å². The summed E-state index contributed by atoms with van der Waals surface area (Å²) in [4.78, 5) is 0. The molecule has 0 aliphatic heterocycles. The smallest absolute Gasteiger partial charge is 0.126 e. The molecule has 112 valence electrons. The summed E-state index contributed by atoms with van der Waals surface area (Å²) in [6, 6.07) is 11.7. The normalized spacial score (nSPS) is 12.4. The van der Waals surface area contributed by atoms with Crippen molar-refractivity contribution in [3.63, 3.8) is 0 Å². The summed E-state index contributed by atoms with van der Waals surface area (Å²) in [6.45, 7) is 2.95. The summed E-state index contributed by atoms with van der Waals surface area (Å²) >= 11 is 3.41. The summed E-state index contributed by atoms with van der Waals surface area (Å²) in [5.74, 6) is -1.06. The number of rotatable bonds is 6. The molecule has 0 aliphatic carbocycles. The second kappa shape index (κ2) is 7.66. The van der Waals surface area contributed by atoms with E-state index in [1.807, 2.05) is 24.3 Å². The molecule has 2 aromatic rings. The van der Waals surface area contributed by atoms with Crippen LogP contribution in [0.15, 0.2) is 46.9 Å². The minimum absolute atomic E-state index is 0.0410. The number of nitrogens with one attached hydrogen (secondary N) is 1. The van der Waals surface area contributed by atoms with Gasteiger partial charge in [-0.3, -0.25) is 0 Å². The van der Waals surface area contributed by atoms with Gasteiger partial charge in [-0.15, -0.1) is 0 Å². The van der Waals surface area contributed by atoms with Crippen molar-refractivity contribution >= 4 is 15.9 Å². The molecule has 1 atom stereocenters. The van der Waals surface area contributed by atoms with Crippen LogP contribution in [0.2, 0.25) is 0 Å². The standard InChI is InChI=1S/C17H18BrF2N/c1-2-7-21-17(13-3-5-14(18)6-4-13)10-12-8-15(19)11-16(20)9-12/h3-6,8-9,11,17,21H,2,7,10H2,1H3. The fourth-order valence-corrected chi connectivity index (χ4v) is 2.55. The van der Waals surface area contributed by atoms with Crippen molar-refractivity contribution in [3.8, 4) is 0 Å². The zero-order chi connectivity index (χ0) is 15.2. The minimum Gasteiger partial charge on any atom is -0.310 e. The van der Waals surface area contributed by atoms with E-state index in [9.17, 15) is 8.78 Å². The third-order valence-corrected chi connectivity index (χ3v) is 3.80. The van der Waals surface area contributed by atoms with Gasteiger partial charge in [-0.2, -0.15) is 0 Å². The van der Waals surface area contributed by atoms with Gasteiger partial charge < -0.3 is 5.32 Å². The number of halogens is 3. The van der Waals surface area contributed by atoms with Crippen LogP contribution in [0.5, 0.6) is 0 Å².